The summed E-state index contributed by atoms with van der Waals surface area (Å²) in [5.41, 5.74) is 0.344. The van der Waals surface area contributed by atoms with Gasteiger partial charge in [-0.2, -0.15) is 0 Å². The summed E-state index contributed by atoms with van der Waals surface area (Å²) < 4.78 is -1.47. The summed E-state index contributed by atoms with van der Waals surface area (Å²) in [4.78, 5) is 45.2. The minimum atomic E-state index is -0.988. The number of aliphatic carboxylic acids is 1. The number of hydrogen-bond acceptors (Lipinski definition) is 5. The van der Waals surface area contributed by atoms with E-state index >= 15 is 0 Å². The molecule has 214 valence electrons. The first-order valence-corrected chi connectivity index (χ1v) is 14.8. The third-order valence-electron chi connectivity index (χ3n) is 8.90. The molecular formula is C31H44N2O5S. The van der Waals surface area contributed by atoms with E-state index in [1.165, 1.54) is 11.8 Å². The molecule has 3 saturated heterocycles. The van der Waals surface area contributed by atoms with Gasteiger partial charge < -0.3 is 20.0 Å². The number of amides is 2. The van der Waals surface area contributed by atoms with E-state index in [9.17, 15) is 24.6 Å². The smallest absolute Gasteiger partial charge is 0.308 e. The molecule has 3 aliphatic heterocycles. The Morgan fingerprint density at radius 2 is 1.85 bits per heavy atom. The summed E-state index contributed by atoms with van der Waals surface area (Å²) in [5.74, 6) is -3.19. The molecule has 2 bridgehead atoms. The highest BCUT2D eigenvalue weighted by atomic mass is 32.2. The molecule has 3 heterocycles. The summed E-state index contributed by atoms with van der Waals surface area (Å²) in [7, 11) is 0. The van der Waals surface area contributed by atoms with Gasteiger partial charge in [0, 0.05) is 16.8 Å². The lowest BCUT2D eigenvalue weighted by Gasteiger charge is -2.46. The van der Waals surface area contributed by atoms with Gasteiger partial charge in [0.05, 0.1) is 29.2 Å². The molecule has 2 N–H and O–H groups in total. The predicted octanol–water partition coefficient (Wildman–Crippen LogP) is 4.39. The van der Waals surface area contributed by atoms with Gasteiger partial charge in [-0.15, -0.1) is 18.3 Å². The minimum absolute atomic E-state index is 0.0570. The number of thioether (sulfide) groups is 1. The zero-order valence-corrected chi connectivity index (χ0v) is 25.0. The van der Waals surface area contributed by atoms with Crippen LogP contribution in [0.15, 0.2) is 43.0 Å². The van der Waals surface area contributed by atoms with E-state index in [0.29, 0.717) is 25.8 Å². The monoisotopic (exact) mass is 556 g/mol. The maximum Gasteiger partial charge on any atom is 0.308 e. The molecule has 1 aromatic carbocycles. The lowest BCUT2D eigenvalue weighted by Crippen LogP contribution is -2.61. The van der Waals surface area contributed by atoms with Gasteiger partial charge in [0.15, 0.2) is 0 Å². The van der Waals surface area contributed by atoms with Crippen LogP contribution in [0.4, 0.5) is 0 Å². The van der Waals surface area contributed by atoms with Gasteiger partial charge in [-0.25, -0.2) is 0 Å². The molecule has 3 fully saturated rings. The SMILES string of the molecule is C=CCN(C(=O)C1N([C@@H](CO)Cc2ccccc2)C(=O)[C@@H]2[C@@H](C(=O)O)[C@@]3(C)CCC12S3)C(C)(C)CC(C)(C)C. The second kappa shape index (κ2) is 10.3. The van der Waals surface area contributed by atoms with E-state index in [0.717, 1.165) is 12.0 Å². The van der Waals surface area contributed by atoms with E-state index in [1.54, 1.807) is 11.0 Å². The van der Waals surface area contributed by atoms with Crippen LogP contribution < -0.4 is 0 Å². The van der Waals surface area contributed by atoms with Crippen molar-refractivity contribution in [1.29, 1.82) is 0 Å². The van der Waals surface area contributed by atoms with Gasteiger partial charge in [0.1, 0.15) is 6.04 Å². The van der Waals surface area contributed by atoms with Crippen LogP contribution in [0, 0.1) is 17.3 Å². The molecule has 6 atom stereocenters. The fraction of sp³-hybridized carbons (Fsp3) is 0.645. The van der Waals surface area contributed by atoms with Gasteiger partial charge >= 0.3 is 5.97 Å². The van der Waals surface area contributed by atoms with Gasteiger partial charge in [0.25, 0.3) is 0 Å². The Kier molecular flexibility index (Phi) is 7.80. The Morgan fingerprint density at radius 3 is 2.38 bits per heavy atom. The van der Waals surface area contributed by atoms with Gasteiger partial charge in [0.2, 0.25) is 11.8 Å². The molecule has 1 spiro atoms. The number of aliphatic hydroxyl groups is 1. The largest absolute Gasteiger partial charge is 0.481 e. The van der Waals surface area contributed by atoms with Crippen molar-refractivity contribution in [2.45, 2.75) is 94.3 Å². The normalized spacial score (nSPS) is 30.8. The first-order valence-electron chi connectivity index (χ1n) is 13.9. The van der Waals surface area contributed by atoms with Crippen LogP contribution >= 0.6 is 11.8 Å². The van der Waals surface area contributed by atoms with Crippen LogP contribution in [0.3, 0.4) is 0 Å². The fourth-order valence-corrected chi connectivity index (χ4v) is 10.2. The number of likely N-dealkylation sites (tertiary alicyclic amines) is 1. The third kappa shape index (κ3) is 5.03. The fourth-order valence-electron chi connectivity index (χ4n) is 7.85. The number of fused-ring (bicyclic) bond motifs is 1. The Bertz CT molecular complexity index is 1130. The number of carboxylic acids is 1. The summed E-state index contributed by atoms with van der Waals surface area (Å²) in [6, 6.07) is 8.09. The molecule has 2 unspecified atom stereocenters. The standard InChI is InChI=1S/C31H44N2O5S/c1-8-16-32(29(5,6)19-28(2,3)4)26(36)24-31-15-14-30(7,39-31)23(27(37)38)22(31)25(35)33(24)21(18-34)17-20-12-10-9-11-13-20/h8-13,21-24,34H,1,14-19H2,2-7H3,(H,37,38)/t21-,22+,23+,24?,30-,31?/m1/s1. The molecule has 7 nitrogen and oxygen atoms in total. The van der Waals surface area contributed by atoms with Crippen molar-refractivity contribution in [3.05, 3.63) is 48.6 Å². The minimum Gasteiger partial charge on any atom is -0.481 e. The first kappa shape index (κ1) is 29.7. The summed E-state index contributed by atoms with van der Waals surface area (Å²) in [6.45, 7) is 16.4. The number of hydrogen-bond donors (Lipinski definition) is 2. The van der Waals surface area contributed by atoms with Crippen molar-refractivity contribution in [2.24, 2.45) is 17.3 Å². The van der Waals surface area contributed by atoms with Crippen LogP contribution in [0.1, 0.15) is 66.4 Å². The molecule has 3 aliphatic rings. The van der Waals surface area contributed by atoms with E-state index in [-0.39, 0.29) is 23.8 Å². The molecule has 0 radical (unpaired) electrons. The van der Waals surface area contributed by atoms with E-state index in [1.807, 2.05) is 56.0 Å². The lowest BCUT2D eigenvalue weighted by atomic mass is 9.66. The number of rotatable bonds is 10. The van der Waals surface area contributed by atoms with Crippen molar-refractivity contribution in [1.82, 2.24) is 9.80 Å². The maximum absolute atomic E-state index is 14.8. The Balaban J connectivity index is 1.84. The number of aliphatic hydroxyl groups excluding tert-OH is 1. The number of carboxylic acid groups (broad SMARTS) is 1. The van der Waals surface area contributed by atoms with Gasteiger partial charge in [-0.1, -0.05) is 57.2 Å². The highest BCUT2D eigenvalue weighted by Crippen LogP contribution is 2.71. The van der Waals surface area contributed by atoms with Crippen molar-refractivity contribution >= 4 is 29.5 Å². The predicted molar refractivity (Wildman–Crippen MR) is 154 cm³/mol. The summed E-state index contributed by atoms with van der Waals surface area (Å²) in [5, 5.41) is 20.9. The van der Waals surface area contributed by atoms with Crippen molar-refractivity contribution in [3.63, 3.8) is 0 Å². The Morgan fingerprint density at radius 1 is 1.21 bits per heavy atom. The van der Waals surface area contributed by atoms with E-state index in [2.05, 4.69) is 27.4 Å². The molecule has 4 rings (SSSR count). The second-order valence-corrected chi connectivity index (χ2v) is 15.5. The van der Waals surface area contributed by atoms with Crippen LogP contribution in [0.2, 0.25) is 0 Å². The van der Waals surface area contributed by atoms with Crippen LogP contribution in [-0.2, 0) is 20.8 Å². The average Bonchev–Trinajstić information content (AvgIpc) is 3.40. The average molecular weight is 557 g/mol. The number of carbonyl (C=O) groups is 3. The molecule has 1 aromatic rings. The highest BCUT2D eigenvalue weighted by Gasteiger charge is 2.78. The molecule has 0 saturated carbocycles. The van der Waals surface area contributed by atoms with Crippen LogP contribution in [-0.4, -0.2) is 78.1 Å². The molecular weight excluding hydrogens is 512 g/mol. The van der Waals surface area contributed by atoms with Gasteiger partial charge in [-0.3, -0.25) is 14.4 Å². The van der Waals surface area contributed by atoms with Crippen LogP contribution in [0.5, 0.6) is 0 Å². The molecule has 2 amide bonds. The van der Waals surface area contributed by atoms with E-state index < -0.39 is 44.9 Å². The molecule has 0 aromatic heterocycles. The first-order chi connectivity index (χ1) is 18.1. The van der Waals surface area contributed by atoms with Crippen molar-refractivity contribution in [3.8, 4) is 0 Å². The number of carbonyl (C=O) groups excluding carboxylic acids is 2. The zero-order valence-electron chi connectivity index (χ0n) is 24.1. The molecule has 0 aliphatic carbocycles. The highest BCUT2D eigenvalue weighted by molar-refractivity contribution is 8.02. The van der Waals surface area contributed by atoms with Crippen LogP contribution in [0.25, 0.3) is 0 Å². The Labute approximate surface area is 237 Å². The second-order valence-electron chi connectivity index (χ2n) is 13.6. The molecule has 8 heteroatoms. The molecule has 39 heavy (non-hydrogen) atoms. The maximum atomic E-state index is 14.8. The topological polar surface area (TPSA) is 98.2 Å². The lowest BCUT2D eigenvalue weighted by molar-refractivity contribution is -0.151. The Hall–Kier alpha value is -2.32. The number of benzene rings is 1. The number of nitrogens with zero attached hydrogens (tertiary/aromatic N) is 2. The van der Waals surface area contributed by atoms with Crippen molar-refractivity contribution < 1.29 is 24.6 Å². The summed E-state index contributed by atoms with van der Waals surface area (Å²) in [6.07, 6.45) is 4.04. The third-order valence-corrected chi connectivity index (χ3v) is 10.9. The zero-order chi connectivity index (χ0) is 29.0. The summed E-state index contributed by atoms with van der Waals surface area (Å²) >= 11 is 1.53. The van der Waals surface area contributed by atoms with E-state index in [4.69, 9.17) is 0 Å². The quantitative estimate of drug-likeness (QED) is 0.415. The van der Waals surface area contributed by atoms with Gasteiger partial charge in [-0.05, 0) is 57.4 Å². The van der Waals surface area contributed by atoms with Crippen molar-refractivity contribution in [2.75, 3.05) is 13.2 Å².